The number of ketones is 2. The van der Waals surface area contributed by atoms with Crippen molar-refractivity contribution in [2.24, 2.45) is 44.3 Å². The van der Waals surface area contributed by atoms with Crippen molar-refractivity contribution in [2.45, 2.75) is 119 Å². The fraction of sp³-hybridized carbons (Fsp3) is 0.788. The molecule has 0 heterocycles. The van der Waals surface area contributed by atoms with E-state index in [9.17, 15) is 24.9 Å². The summed E-state index contributed by atoms with van der Waals surface area (Å²) < 4.78 is 0. The van der Waals surface area contributed by atoms with E-state index in [0.717, 1.165) is 63.4 Å². The van der Waals surface area contributed by atoms with Gasteiger partial charge in [-0.05, 0) is 91.3 Å². The van der Waals surface area contributed by atoms with Gasteiger partial charge >= 0.3 is 7.12 Å². The molecule has 39 heavy (non-hydrogen) atoms. The minimum absolute atomic E-state index is 0.0480. The number of allylic oxidation sites excluding steroid dienone is 4. The van der Waals surface area contributed by atoms with E-state index in [1.54, 1.807) is 0 Å². The molecule has 5 nitrogen and oxygen atoms in total. The number of Topliss-reactive ketones (excluding diaryl/α,β-unsaturated/α-hetero) is 1. The number of fused-ring (bicyclic) bond motifs is 5. The second-order valence-corrected chi connectivity index (χ2v) is 15.6. The number of nitrogens with zero attached hydrogens (tertiary/aromatic N) is 1. The summed E-state index contributed by atoms with van der Waals surface area (Å²) in [5.74, 6) is 0.0357. The second-order valence-electron chi connectivity index (χ2n) is 15.6. The molecule has 4 rings (SSSR count). The fourth-order valence-corrected chi connectivity index (χ4v) is 9.37. The van der Waals surface area contributed by atoms with Crippen molar-refractivity contribution in [3.63, 3.8) is 0 Å². The first-order valence-electron chi connectivity index (χ1n) is 15.2. The van der Waals surface area contributed by atoms with Crippen molar-refractivity contribution < 1.29 is 19.6 Å². The summed E-state index contributed by atoms with van der Waals surface area (Å²) >= 11 is 0. The van der Waals surface area contributed by atoms with Crippen LogP contribution in [0.4, 0.5) is 0 Å². The first-order valence-corrected chi connectivity index (χ1v) is 15.2. The molecular formula is C33H50BNO4. The minimum atomic E-state index is -1.32. The van der Waals surface area contributed by atoms with E-state index in [-0.39, 0.29) is 50.6 Å². The number of carbonyl (C=O) groups is 2. The molecular weight excluding hydrogens is 485 g/mol. The summed E-state index contributed by atoms with van der Waals surface area (Å²) in [5.41, 5.74) is -0.126. The Hall–Kier alpha value is -1.71. The molecule has 6 atom stereocenters. The van der Waals surface area contributed by atoms with Crippen molar-refractivity contribution in [1.29, 1.82) is 5.26 Å². The summed E-state index contributed by atoms with van der Waals surface area (Å²) in [6.07, 6.45) is 12.5. The average Bonchev–Trinajstić information content (AvgIpc) is 2.86. The summed E-state index contributed by atoms with van der Waals surface area (Å²) in [6.45, 7) is 17.6. The number of carbonyl (C=O) groups excluding carboxylic acids is 2. The second kappa shape index (κ2) is 9.69. The van der Waals surface area contributed by atoms with Gasteiger partial charge in [-0.2, -0.15) is 5.26 Å². The van der Waals surface area contributed by atoms with Gasteiger partial charge < -0.3 is 10.0 Å². The molecule has 0 amide bonds. The van der Waals surface area contributed by atoms with Crippen LogP contribution in [0.1, 0.15) is 113 Å². The van der Waals surface area contributed by atoms with E-state index in [0.29, 0.717) is 6.32 Å². The highest BCUT2D eigenvalue weighted by Gasteiger charge is 2.67. The van der Waals surface area contributed by atoms with E-state index >= 15 is 0 Å². The SMILES string of the molecule is CCC(C)(C)CC[C@]1(CCB(O)O)CC[C@]2(C)[C@@H](C1)C(=O)C=C1[C@@]3(C)C=C(C#N)C(=O)C(C)(C)[C@@H]3CC[C@]12C. The van der Waals surface area contributed by atoms with Gasteiger partial charge in [0.05, 0.1) is 5.57 Å². The van der Waals surface area contributed by atoms with E-state index < -0.39 is 17.9 Å². The lowest BCUT2D eigenvalue weighted by molar-refractivity contribution is -0.147. The number of rotatable bonds is 7. The highest BCUT2D eigenvalue weighted by molar-refractivity contribution is 6.40. The summed E-state index contributed by atoms with van der Waals surface area (Å²) in [6, 6.07) is 2.18. The molecule has 4 aliphatic carbocycles. The van der Waals surface area contributed by atoms with Crippen LogP contribution in [0.5, 0.6) is 0 Å². The quantitative estimate of drug-likeness (QED) is 0.348. The molecule has 0 spiro atoms. The molecule has 0 aromatic carbocycles. The van der Waals surface area contributed by atoms with Gasteiger partial charge in [0, 0.05) is 16.7 Å². The third-order valence-electron chi connectivity index (χ3n) is 12.8. The Morgan fingerprint density at radius 1 is 1.08 bits per heavy atom. The first-order chi connectivity index (χ1) is 17.9. The van der Waals surface area contributed by atoms with Crippen LogP contribution in [0.15, 0.2) is 23.3 Å². The van der Waals surface area contributed by atoms with E-state index in [2.05, 4.69) is 47.6 Å². The molecule has 0 aliphatic heterocycles. The summed E-state index contributed by atoms with van der Waals surface area (Å²) in [5, 5.41) is 29.4. The standard InChI is InChI=1S/C33H50BNO4/c1-9-28(2,3)12-14-33(16-17-34(38)39)15-13-31(7)23(20-33)24(36)18-26-30(6)19-22(21-35)27(37)29(4,5)25(30)10-11-32(26,31)8/h18-19,23,25,38-39H,9-17,20H2,1-8H3/t23-,25-,30-,31+,32+,33+/m0/s1. The van der Waals surface area contributed by atoms with E-state index in [1.165, 1.54) is 0 Å². The Kier molecular flexibility index (Phi) is 7.52. The van der Waals surface area contributed by atoms with Crippen LogP contribution in [0.2, 0.25) is 6.32 Å². The molecule has 2 N–H and O–H groups in total. The number of hydrogen-bond donors (Lipinski definition) is 2. The van der Waals surface area contributed by atoms with Gasteiger partial charge in [0.1, 0.15) is 6.07 Å². The zero-order valence-electron chi connectivity index (χ0n) is 25.6. The maximum absolute atomic E-state index is 14.2. The van der Waals surface area contributed by atoms with Crippen molar-refractivity contribution in [3.8, 4) is 6.07 Å². The van der Waals surface area contributed by atoms with Crippen LogP contribution in [-0.2, 0) is 9.59 Å². The van der Waals surface area contributed by atoms with Gasteiger partial charge in [0.15, 0.2) is 11.6 Å². The normalized spacial score (nSPS) is 39.5. The molecule has 0 radical (unpaired) electrons. The lowest BCUT2D eigenvalue weighted by Gasteiger charge is -2.66. The fourth-order valence-electron chi connectivity index (χ4n) is 9.37. The van der Waals surface area contributed by atoms with E-state index in [1.807, 2.05) is 26.0 Å². The average molecular weight is 536 g/mol. The highest BCUT2D eigenvalue weighted by Crippen LogP contribution is 2.72. The molecule has 2 saturated carbocycles. The zero-order chi connectivity index (χ0) is 29.2. The van der Waals surface area contributed by atoms with Crippen LogP contribution >= 0.6 is 0 Å². The van der Waals surface area contributed by atoms with Crippen molar-refractivity contribution in [1.82, 2.24) is 0 Å². The Morgan fingerprint density at radius 2 is 1.74 bits per heavy atom. The minimum Gasteiger partial charge on any atom is -0.427 e. The Labute approximate surface area is 236 Å². The highest BCUT2D eigenvalue weighted by atomic mass is 16.4. The topological polar surface area (TPSA) is 98.4 Å². The van der Waals surface area contributed by atoms with Crippen LogP contribution in [0.25, 0.3) is 0 Å². The lowest BCUT2D eigenvalue weighted by atomic mass is 9.36. The monoisotopic (exact) mass is 535 g/mol. The zero-order valence-corrected chi connectivity index (χ0v) is 25.6. The summed E-state index contributed by atoms with van der Waals surface area (Å²) in [4.78, 5) is 27.4. The molecule has 6 heteroatoms. The third-order valence-corrected chi connectivity index (χ3v) is 12.8. The predicted octanol–water partition coefficient (Wildman–Crippen LogP) is 6.85. The third kappa shape index (κ3) is 4.60. The lowest BCUT2D eigenvalue weighted by Crippen LogP contribution is -2.61. The smallest absolute Gasteiger partial charge is 0.427 e. The molecule has 0 bridgehead atoms. The number of nitriles is 1. The maximum Gasteiger partial charge on any atom is 0.451 e. The van der Waals surface area contributed by atoms with Gasteiger partial charge in [-0.3, -0.25) is 9.59 Å². The van der Waals surface area contributed by atoms with Crippen molar-refractivity contribution >= 4 is 18.7 Å². The molecule has 0 aromatic rings. The number of hydrogen-bond acceptors (Lipinski definition) is 5. The van der Waals surface area contributed by atoms with Crippen molar-refractivity contribution in [2.75, 3.05) is 0 Å². The molecule has 2 fully saturated rings. The van der Waals surface area contributed by atoms with Gasteiger partial charge in [0.25, 0.3) is 0 Å². The molecule has 0 unspecified atom stereocenters. The van der Waals surface area contributed by atoms with Crippen molar-refractivity contribution in [3.05, 3.63) is 23.3 Å². The van der Waals surface area contributed by atoms with Crippen LogP contribution in [-0.4, -0.2) is 28.7 Å². The first kappa shape index (κ1) is 30.3. The van der Waals surface area contributed by atoms with Crippen LogP contribution in [0.3, 0.4) is 0 Å². The van der Waals surface area contributed by atoms with Gasteiger partial charge in [0.2, 0.25) is 0 Å². The largest absolute Gasteiger partial charge is 0.451 e. The molecule has 0 aromatic heterocycles. The molecule has 214 valence electrons. The maximum atomic E-state index is 14.2. The predicted molar refractivity (Wildman–Crippen MR) is 155 cm³/mol. The molecule has 0 saturated heterocycles. The van der Waals surface area contributed by atoms with Crippen LogP contribution < -0.4 is 0 Å². The van der Waals surface area contributed by atoms with E-state index in [4.69, 9.17) is 0 Å². The molecule has 4 aliphatic rings. The van der Waals surface area contributed by atoms with Crippen LogP contribution in [0, 0.1) is 55.7 Å². The summed E-state index contributed by atoms with van der Waals surface area (Å²) in [7, 11) is -1.32. The Balaban J connectivity index is 1.77. The Bertz CT molecular complexity index is 1140. The van der Waals surface area contributed by atoms with Gasteiger partial charge in [-0.25, -0.2) is 0 Å². The van der Waals surface area contributed by atoms with Gasteiger partial charge in [-0.1, -0.05) is 73.5 Å². The van der Waals surface area contributed by atoms with Gasteiger partial charge in [-0.15, -0.1) is 0 Å². The Morgan fingerprint density at radius 3 is 2.33 bits per heavy atom.